The van der Waals surface area contributed by atoms with E-state index in [0.29, 0.717) is 0 Å². The minimum atomic E-state index is -1.46. The largest absolute Gasteiger partial charge is 0.393 e. The topological polar surface area (TPSA) is 20.2 Å². The Bertz CT molecular complexity index is 321. The Morgan fingerprint density at radius 2 is 1.72 bits per heavy atom. The van der Waals surface area contributed by atoms with Crippen LogP contribution in [0.25, 0.3) is 0 Å². The average Bonchev–Trinajstić information content (AvgIpc) is 2.35. The normalized spacial score (nSPS) is 13.6. The molecule has 1 aromatic rings. The van der Waals surface area contributed by atoms with E-state index in [1.54, 1.807) is 0 Å². The monoisotopic (exact) mass is 264 g/mol. The van der Waals surface area contributed by atoms with Crippen LogP contribution in [-0.2, 0) is 0 Å². The SMILES string of the molecule is CCCCCCC(O)C[Si](C)(C)c1ccccc1. The lowest BCUT2D eigenvalue weighted by atomic mass is 10.1. The second-order valence-electron chi connectivity index (χ2n) is 5.96. The maximum Gasteiger partial charge on any atom is 0.0831 e. The van der Waals surface area contributed by atoms with Gasteiger partial charge in [0.2, 0.25) is 0 Å². The van der Waals surface area contributed by atoms with E-state index in [4.69, 9.17) is 0 Å². The van der Waals surface area contributed by atoms with Crippen LogP contribution in [0, 0.1) is 0 Å². The first-order chi connectivity index (χ1) is 8.56. The molecule has 102 valence electrons. The van der Waals surface area contributed by atoms with E-state index in [9.17, 15) is 5.11 Å². The van der Waals surface area contributed by atoms with Crippen molar-refractivity contribution in [3.05, 3.63) is 30.3 Å². The first kappa shape index (κ1) is 15.5. The Morgan fingerprint density at radius 1 is 1.06 bits per heavy atom. The molecular formula is C16H28OSi. The molecule has 1 rings (SSSR count). The van der Waals surface area contributed by atoms with Crippen molar-refractivity contribution in [1.29, 1.82) is 0 Å². The minimum absolute atomic E-state index is 0.108. The summed E-state index contributed by atoms with van der Waals surface area (Å²) in [4.78, 5) is 0. The quantitative estimate of drug-likeness (QED) is 0.557. The predicted molar refractivity (Wildman–Crippen MR) is 83.1 cm³/mol. The van der Waals surface area contributed by atoms with E-state index >= 15 is 0 Å². The molecule has 18 heavy (non-hydrogen) atoms. The van der Waals surface area contributed by atoms with Crippen LogP contribution in [-0.4, -0.2) is 19.3 Å². The molecule has 0 radical (unpaired) electrons. The fourth-order valence-electron chi connectivity index (χ4n) is 2.51. The molecule has 0 saturated carbocycles. The number of hydrogen-bond acceptors (Lipinski definition) is 1. The number of aliphatic hydroxyl groups excluding tert-OH is 1. The molecule has 0 spiro atoms. The van der Waals surface area contributed by atoms with Crippen LogP contribution in [0.2, 0.25) is 19.1 Å². The number of rotatable bonds is 8. The van der Waals surface area contributed by atoms with Gasteiger partial charge >= 0.3 is 0 Å². The van der Waals surface area contributed by atoms with Crippen LogP contribution in [0.4, 0.5) is 0 Å². The molecule has 2 heteroatoms. The third kappa shape index (κ3) is 5.36. The van der Waals surface area contributed by atoms with Crippen LogP contribution in [0.3, 0.4) is 0 Å². The maximum atomic E-state index is 10.2. The van der Waals surface area contributed by atoms with Gasteiger partial charge in [0.05, 0.1) is 14.2 Å². The highest BCUT2D eigenvalue weighted by Crippen LogP contribution is 2.17. The molecule has 1 aromatic carbocycles. The van der Waals surface area contributed by atoms with E-state index in [-0.39, 0.29) is 6.10 Å². The second-order valence-corrected chi connectivity index (χ2v) is 10.7. The summed E-state index contributed by atoms with van der Waals surface area (Å²) < 4.78 is 0. The fourth-order valence-corrected chi connectivity index (χ4v) is 5.22. The highest BCUT2D eigenvalue weighted by molar-refractivity contribution is 6.89. The van der Waals surface area contributed by atoms with Gasteiger partial charge in [-0.25, -0.2) is 0 Å². The summed E-state index contributed by atoms with van der Waals surface area (Å²) in [6.45, 7) is 6.94. The molecular weight excluding hydrogens is 236 g/mol. The minimum Gasteiger partial charge on any atom is -0.393 e. The molecule has 0 fully saturated rings. The van der Waals surface area contributed by atoms with Crippen molar-refractivity contribution in [2.75, 3.05) is 0 Å². The van der Waals surface area contributed by atoms with E-state index in [2.05, 4.69) is 50.3 Å². The summed E-state index contributed by atoms with van der Waals surface area (Å²) in [5.41, 5.74) is 0. The molecule has 0 aliphatic carbocycles. The van der Waals surface area contributed by atoms with Crippen molar-refractivity contribution >= 4 is 13.3 Å². The predicted octanol–water partition coefficient (Wildman–Crippen LogP) is 3.93. The number of hydrogen-bond donors (Lipinski definition) is 1. The Morgan fingerprint density at radius 3 is 2.33 bits per heavy atom. The zero-order valence-electron chi connectivity index (χ0n) is 12.2. The average molecular weight is 264 g/mol. The molecule has 1 N–H and O–H groups in total. The Labute approximate surface area is 113 Å². The van der Waals surface area contributed by atoms with E-state index < -0.39 is 8.07 Å². The maximum absolute atomic E-state index is 10.2. The van der Waals surface area contributed by atoms with Crippen LogP contribution in [0.15, 0.2) is 30.3 Å². The van der Waals surface area contributed by atoms with Gasteiger partial charge in [-0.15, -0.1) is 0 Å². The lowest BCUT2D eigenvalue weighted by Crippen LogP contribution is -2.43. The van der Waals surface area contributed by atoms with Crippen molar-refractivity contribution < 1.29 is 5.11 Å². The summed E-state index contributed by atoms with van der Waals surface area (Å²) in [6.07, 6.45) is 5.87. The smallest absolute Gasteiger partial charge is 0.0831 e. The first-order valence-electron chi connectivity index (χ1n) is 7.30. The standard InChI is InChI=1S/C16H28OSi/c1-4-5-6-8-11-15(17)14-18(2,3)16-12-9-7-10-13-16/h7,9-10,12-13,15,17H,4-6,8,11,14H2,1-3H3. The highest BCUT2D eigenvalue weighted by Gasteiger charge is 2.26. The molecule has 1 nitrogen and oxygen atoms in total. The zero-order valence-corrected chi connectivity index (χ0v) is 13.2. The second kappa shape index (κ2) is 7.75. The van der Waals surface area contributed by atoms with Gasteiger partial charge in [-0.3, -0.25) is 0 Å². The molecule has 0 heterocycles. The lowest BCUT2D eigenvalue weighted by Gasteiger charge is -2.26. The van der Waals surface area contributed by atoms with Gasteiger partial charge in [-0.2, -0.15) is 0 Å². The van der Waals surface area contributed by atoms with Crippen LogP contribution in [0.1, 0.15) is 39.0 Å². The molecule has 1 atom stereocenters. The van der Waals surface area contributed by atoms with Gasteiger partial charge < -0.3 is 5.11 Å². The van der Waals surface area contributed by atoms with Gasteiger partial charge in [0, 0.05) is 0 Å². The van der Waals surface area contributed by atoms with Crippen LogP contribution >= 0.6 is 0 Å². The van der Waals surface area contributed by atoms with E-state index in [1.807, 2.05) is 0 Å². The summed E-state index contributed by atoms with van der Waals surface area (Å²) in [5.74, 6) is 0. The molecule has 0 saturated heterocycles. The Hall–Kier alpha value is -0.603. The molecule has 0 amide bonds. The number of aliphatic hydroxyl groups is 1. The Balaban J connectivity index is 2.40. The highest BCUT2D eigenvalue weighted by atomic mass is 28.3. The van der Waals surface area contributed by atoms with Crippen molar-refractivity contribution in [2.45, 2.75) is 64.3 Å². The van der Waals surface area contributed by atoms with E-state index in [1.165, 1.54) is 30.9 Å². The lowest BCUT2D eigenvalue weighted by molar-refractivity contribution is 0.179. The third-order valence-corrected chi connectivity index (χ3v) is 7.08. The molecule has 1 unspecified atom stereocenters. The van der Waals surface area contributed by atoms with Crippen molar-refractivity contribution in [3.63, 3.8) is 0 Å². The first-order valence-corrected chi connectivity index (χ1v) is 10.5. The van der Waals surface area contributed by atoms with Gasteiger partial charge in [-0.05, 0) is 12.5 Å². The van der Waals surface area contributed by atoms with Crippen LogP contribution in [0.5, 0.6) is 0 Å². The van der Waals surface area contributed by atoms with Crippen LogP contribution < -0.4 is 5.19 Å². The van der Waals surface area contributed by atoms with Crippen molar-refractivity contribution in [2.24, 2.45) is 0 Å². The molecule has 0 aliphatic heterocycles. The van der Waals surface area contributed by atoms with Crippen molar-refractivity contribution in [3.8, 4) is 0 Å². The third-order valence-electron chi connectivity index (χ3n) is 3.69. The number of benzene rings is 1. The fraction of sp³-hybridized carbons (Fsp3) is 0.625. The number of unbranched alkanes of at least 4 members (excludes halogenated alkanes) is 3. The summed E-state index contributed by atoms with van der Waals surface area (Å²) in [5, 5.41) is 11.6. The molecule has 0 aliphatic rings. The molecule has 0 aromatic heterocycles. The van der Waals surface area contributed by atoms with Crippen molar-refractivity contribution in [1.82, 2.24) is 0 Å². The molecule has 0 bridgehead atoms. The van der Waals surface area contributed by atoms with Gasteiger partial charge in [0.25, 0.3) is 0 Å². The zero-order chi connectivity index (χ0) is 13.4. The summed E-state index contributed by atoms with van der Waals surface area (Å²) in [6, 6.07) is 11.7. The summed E-state index contributed by atoms with van der Waals surface area (Å²) in [7, 11) is -1.46. The Kier molecular flexibility index (Phi) is 6.65. The van der Waals surface area contributed by atoms with Gasteiger partial charge in [0.15, 0.2) is 0 Å². The van der Waals surface area contributed by atoms with Gasteiger partial charge in [0.1, 0.15) is 0 Å². The van der Waals surface area contributed by atoms with Gasteiger partial charge in [-0.1, -0.05) is 81.2 Å². The van der Waals surface area contributed by atoms with E-state index in [0.717, 1.165) is 12.5 Å². The summed E-state index contributed by atoms with van der Waals surface area (Å²) >= 11 is 0.